The van der Waals surface area contributed by atoms with Crippen LogP contribution in [-0.2, 0) is 10.1 Å². The van der Waals surface area contributed by atoms with Crippen molar-refractivity contribution in [2.45, 2.75) is 32.2 Å². The summed E-state index contributed by atoms with van der Waals surface area (Å²) in [5.41, 5.74) is -4.10. The van der Waals surface area contributed by atoms with Crippen molar-refractivity contribution < 1.29 is 31.0 Å². The summed E-state index contributed by atoms with van der Waals surface area (Å²) in [6, 6.07) is 0. The number of nitrogens with one attached hydrogen (secondary N) is 1. The average Bonchev–Trinajstić information content (AvgIpc) is 2.63. The normalized spacial score (nSPS) is 19.2. The highest BCUT2D eigenvalue weighted by Crippen LogP contribution is 2.20. The first kappa shape index (κ1) is 17.1. The second kappa shape index (κ2) is 6.91. The lowest BCUT2D eigenvalue weighted by atomic mass is 10.2. The number of allylic oxidation sites excluding steroid dienone is 3. The predicted molar refractivity (Wildman–Crippen MR) is 59.4 cm³/mol. The number of halogens is 3. The van der Waals surface area contributed by atoms with Crippen molar-refractivity contribution in [1.29, 1.82) is 0 Å². The third-order valence-electron chi connectivity index (χ3n) is 2.19. The largest absolute Gasteiger partial charge is 0.741 e. The first-order valence-electron chi connectivity index (χ1n) is 5.39. The zero-order valence-electron chi connectivity index (χ0n) is 10.1. The van der Waals surface area contributed by atoms with Gasteiger partial charge in [-0.25, -0.2) is 8.42 Å². The minimum Gasteiger partial charge on any atom is -0.741 e. The lowest BCUT2D eigenvalue weighted by Gasteiger charge is -2.10. The maximum absolute atomic E-state index is 10.7. The van der Waals surface area contributed by atoms with Crippen LogP contribution in [0.5, 0.6) is 0 Å². The Balaban J connectivity index is 0.000000331. The Morgan fingerprint density at radius 1 is 1.33 bits per heavy atom. The molecule has 18 heavy (non-hydrogen) atoms. The first-order chi connectivity index (χ1) is 8.13. The smallest absolute Gasteiger partial charge is 0.485 e. The molecule has 1 unspecified atom stereocenters. The van der Waals surface area contributed by atoms with E-state index in [-0.39, 0.29) is 0 Å². The lowest BCUT2D eigenvalue weighted by Crippen LogP contribution is -3.04. The van der Waals surface area contributed by atoms with Gasteiger partial charge in [0.1, 0.15) is 5.70 Å². The molecule has 106 valence electrons. The molecular weight excluding hydrogens is 271 g/mol. The highest BCUT2D eigenvalue weighted by Gasteiger charge is 2.36. The molecule has 0 amide bonds. The Bertz CT molecular complexity index is 413. The van der Waals surface area contributed by atoms with Gasteiger partial charge < -0.3 is 4.55 Å². The van der Waals surface area contributed by atoms with Crippen LogP contribution in [0.15, 0.2) is 24.0 Å². The van der Waals surface area contributed by atoms with Gasteiger partial charge >= 0.3 is 5.51 Å². The second-order valence-corrected chi connectivity index (χ2v) is 4.95. The number of alkyl halides is 3. The summed E-state index contributed by atoms with van der Waals surface area (Å²) in [5.74, 6) is 0. The fraction of sp³-hybridized carbons (Fsp3) is 0.600. The number of hydrogen-bond donors (Lipinski definition) is 1. The Hall–Kier alpha value is -0.860. The van der Waals surface area contributed by atoms with E-state index in [2.05, 4.69) is 32.2 Å². The summed E-state index contributed by atoms with van der Waals surface area (Å²) in [6.07, 6.45) is 9.13. The number of rotatable bonds is 3. The van der Waals surface area contributed by atoms with Crippen molar-refractivity contribution in [3.8, 4) is 0 Å². The maximum atomic E-state index is 10.7. The molecule has 1 atom stereocenters. The van der Waals surface area contributed by atoms with Crippen LogP contribution in [0.1, 0.15) is 26.7 Å². The van der Waals surface area contributed by atoms with Gasteiger partial charge in [-0.2, -0.15) is 13.2 Å². The molecule has 0 bridgehead atoms. The van der Waals surface area contributed by atoms with E-state index in [1.165, 1.54) is 24.3 Å². The van der Waals surface area contributed by atoms with Gasteiger partial charge in [0.05, 0.1) is 12.7 Å². The molecule has 8 heteroatoms. The molecule has 0 aliphatic carbocycles. The van der Waals surface area contributed by atoms with Gasteiger partial charge in [-0.1, -0.05) is 6.92 Å². The summed E-state index contributed by atoms with van der Waals surface area (Å²) in [4.78, 5) is 1.53. The fourth-order valence-corrected chi connectivity index (χ4v) is 1.35. The van der Waals surface area contributed by atoms with Crippen LogP contribution in [0.25, 0.3) is 0 Å². The average molecular weight is 287 g/mol. The van der Waals surface area contributed by atoms with E-state index < -0.39 is 15.6 Å². The molecule has 0 saturated carbocycles. The van der Waals surface area contributed by atoms with Crippen LogP contribution < -0.4 is 4.90 Å². The zero-order chi connectivity index (χ0) is 14.4. The Morgan fingerprint density at radius 2 is 1.83 bits per heavy atom. The van der Waals surface area contributed by atoms with Crippen molar-refractivity contribution in [3.63, 3.8) is 0 Å². The minimum absolute atomic E-state index is 1.18. The Labute approximate surface area is 105 Å². The van der Waals surface area contributed by atoms with Crippen molar-refractivity contribution >= 4 is 10.1 Å². The molecule has 4 nitrogen and oxygen atoms in total. The van der Waals surface area contributed by atoms with Gasteiger partial charge in [0, 0.05) is 12.5 Å². The van der Waals surface area contributed by atoms with Crippen LogP contribution in [0, 0.1) is 0 Å². The quantitative estimate of drug-likeness (QED) is 0.626. The van der Waals surface area contributed by atoms with Crippen molar-refractivity contribution in [1.82, 2.24) is 0 Å². The van der Waals surface area contributed by atoms with Crippen molar-refractivity contribution in [3.05, 3.63) is 24.0 Å². The fourth-order valence-electron chi connectivity index (χ4n) is 1.35. The van der Waals surface area contributed by atoms with E-state index in [4.69, 9.17) is 13.0 Å². The monoisotopic (exact) mass is 287 g/mol. The van der Waals surface area contributed by atoms with Crippen LogP contribution in [0.2, 0.25) is 0 Å². The molecule has 0 aromatic rings. The highest BCUT2D eigenvalue weighted by atomic mass is 32.2. The van der Waals surface area contributed by atoms with E-state index in [9.17, 15) is 13.2 Å². The lowest BCUT2D eigenvalue weighted by molar-refractivity contribution is -0.801. The summed E-state index contributed by atoms with van der Waals surface area (Å²) < 4.78 is 58.9. The third-order valence-corrected chi connectivity index (χ3v) is 2.76. The SMILES string of the molecule is CCCC1=CC=C[NH+]1CC.O=S(=O)([O-])C(F)(F)F. The summed E-state index contributed by atoms with van der Waals surface area (Å²) in [5, 5.41) is 0. The zero-order valence-corrected chi connectivity index (χ0v) is 10.9. The standard InChI is InChI=1S/C9H15N.CHF3O3S/c1-3-6-9-7-5-8-10(9)4-2;2-1(3,4)8(5,6)7/h5,7-8H,3-4,6H2,1-2H3;(H,5,6,7). The second-order valence-electron chi connectivity index (χ2n) is 3.58. The summed E-state index contributed by atoms with van der Waals surface area (Å²) in [6.45, 7) is 5.63. The first-order valence-corrected chi connectivity index (χ1v) is 6.79. The van der Waals surface area contributed by atoms with E-state index in [1.54, 1.807) is 5.70 Å². The predicted octanol–water partition coefficient (Wildman–Crippen LogP) is 1.15. The summed E-state index contributed by atoms with van der Waals surface area (Å²) >= 11 is 0. The van der Waals surface area contributed by atoms with Crippen LogP contribution in [0.4, 0.5) is 13.2 Å². The molecule has 0 fully saturated rings. The Morgan fingerprint density at radius 3 is 2.17 bits per heavy atom. The highest BCUT2D eigenvalue weighted by molar-refractivity contribution is 7.86. The molecule has 1 aliphatic rings. The molecule has 0 aromatic heterocycles. The van der Waals surface area contributed by atoms with Gasteiger partial charge in [0.25, 0.3) is 0 Å². The van der Waals surface area contributed by atoms with Gasteiger partial charge in [0.15, 0.2) is 10.1 Å². The Kier molecular flexibility index (Phi) is 6.58. The van der Waals surface area contributed by atoms with Gasteiger partial charge in [-0.15, -0.1) is 0 Å². The van der Waals surface area contributed by atoms with Crippen molar-refractivity contribution in [2.75, 3.05) is 6.54 Å². The molecule has 0 saturated heterocycles. The molecule has 1 N–H and O–H groups in total. The molecule has 1 aliphatic heterocycles. The molecule has 1 heterocycles. The molecular formula is C10H16F3NO3S. The summed E-state index contributed by atoms with van der Waals surface area (Å²) in [7, 11) is -6.09. The van der Waals surface area contributed by atoms with Crippen LogP contribution in [0.3, 0.4) is 0 Å². The van der Waals surface area contributed by atoms with E-state index in [0.717, 1.165) is 0 Å². The molecule has 0 aromatic carbocycles. The van der Waals surface area contributed by atoms with E-state index in [1.807, 2.05) is 0 Å². The number of quaternary nitrogens is 1. The van der Waals surface area contributed by atoms with E-state index in [0.29, 0.717) is 0 Å². The topological polar surface area (TPSA) is 61.6 Å². The van der Waals surface area contributed by atoms with Gasteiger partial charge in [-0.3, -0.25) is 4.90 Å². The van der Waals surface area contributed by atoms with Crippen LogP contribution >= 0.6 is 0 Å². The third kappa shape index (κ3) is 5.65. The van der Waals surface area contributed by atoms with Gasteiger partial charge in [-0.05, 0) is 19.4 Å². The number of hydrogen-bond acceptors (Lipinski definition) is 3. The minimum atomic E-state index is -6.09. The van der Waals surface area contributed by atoms with Gasteiger partial charge in [0.2, 0.25) is 0 Å². The molecule has 0 spiro atoms. The molecule has 1 rings (SSSR count). The van der Waals surface area contributed by atoms with Crippen LogP contribution in [-0.4, -0.2) is 25.0 Å². The maximum Gasteiger partial charge on any atom is 0.485 e. The van der Waals surface area contributed by atoms with Crippen molar-refractivity contribution in [2.24, 2.45) is 0 Å². The van der Waals surface area contributed by atoms with E-state index >= 15 is 0 Å². The molecule has 0 radical (unpaired) electrons.